The van der Waals surface area contributed by atoms with Crippen LogP contribution >= 0.6 is 0 Å². The van der Waals surface area contributed by atoms with Crippen molar-refractivity contribution in [3.8, 4) is 0 Å². The van der Waals surface area contributed by atoms with Crippen molar-refractivity contribution < 1.29 is 9.59 Å². The molecule has 0 saturated carbocycles. The summed E-state index contributed by atoms with van der Waals surface area (Å²) in [5.74, 6) is -0.158. The number of benzene rings is 1. The Bertz CT molecular complexity index is 789. The minimum absolute atomic E-state index is 0.0309. The third-order valence-corrected chi connectivity index (χ3v) is 5.19. The molecule has 1 aliphatic heterocycles. The summed E-state index contributed by atoms with van der Waals surface area (Å²) in [5.41, 5.74) is 2.04. The summed E-state index contributed by atoms with van der Waals surface area (Å²) < 4.78 is 1.88. The van der Waals surface area contributed by atoms with Gasteiger partial charge < -0.3 is 15.5 Å². The fraction of sp³-hybridized carbons (Fsp3) is 0.476. The summed E-state index contributed by atoms with van der Waals surface area (Å²) >= 11 is 0. The normalized spacial score (nSPS) is 16.6. The first-order valence-electron chi connectivity index (χ1n) is 10.0. The quantitative estimate of drug-likeness (QED) is 0.768. The molecule has 1 fully saturated rings. The molecule has 0 spiro atoms. The molecular formula is C21H29N5O2. The molecule has 1 atom stereocenters. The summed E-state index contributed by atoms with van der Waals surface area (Å²) in [6.45, 7) is 7.66. The van der Waals surface area contributed by atoms with Crippen LogP contribution in [0.15, 0.2) is 36.5 Å². The van der Waals surface area contributed by atoms with Crippen molar-refractivity contribution in [3.63, 3.8) is 0 Å². The Kier molecular flexibility index (Phi) is 6.81. The Balaban J connectivity index is 1.54. The predicted octanol–water partition coefficient (Wildman–Crippen LogP) is 2.22. The van der Waals surface area contributed by atoms with Crippen LogP contribution in [0.25, 0.3) is 0 Å². The summed E-state index contributed by atoms with van der Waals surface area (Å²) in [4.78, 5) is 26.5. The molecule has 1 unspecified atom stereocenters. The molecule has 150 valence electrons. The fourth-order valence-corrected chi connectivity index (χ4v) is 3.45. The van der Waals surface area contributed by atoms with Crippen LogP contribution in [0.5, 0.6) is 0 Å². The van der Waals surface area contributed by atoms with E-state index >= 15 is 0 Å². The lowest BCUT2D eigenvalue weighted by Gasteiger charge is -2.22. The van der Waals surface area contributed by atoms with Crippen LogP contribution in [0.3, 0.4) is 0 Å². The average Bonchev–Trinajstić information content (AvgIpc) is 3.24. The number of amides is 2. The van der Waals surface area contributed by atoms with Crippen LogP contribution in [0.4, 0.5) is 0 Å². The van der Waals surface area contributed by atoms with Gasteiger partial charge in [-0.05, 0) is 57.0 Å². The van der Waals surface area contributed by atoms with E-state index in [1.54, 1.807) is 11.0 Å². The highest BCUT2D eigenvalue weighted by molar-refractivity contribution is 5.94. The molecule has 28 heavy (non-hydrogen) atoms. The minimum Gasteiger partial charge on any atom is -0.347 e. The van der Waals surface area contributed by atoms with Crippen LogP contribution in [-0.4, -0.2) is 52.7 Å². The van der Waals surface area contributed by atoms with Gasteiger partial charge in [-0.1, -0.05) is 12.1 Å². The molecule has 0 radical (unpaired) electrons. The number of rotatable bonds is 7. The molecule has 1 aromatic heterocycles. The highest BCUT2D eigenvalue weighted by Gasteiger charge is 2.18. The second-order valence-corrected chi connectivity index (χ2v) is 7.04. The topological polar surface area (TPSA) is 79.3 Å². The van der Waals surface area contributed by atoms with E-state index in [0.717, 1.165) is 31.5 Å². The molecule has 0 bridgehead atoms. The van der Waals surface area contributed by atoms with E-state index in [1.807, 2.05) is 49.0 Å². The van der Waals surface area contributed by atoms with Crippen molar-refractivity contribution in [1.29, 1.82) is 0 Å². The van der Waals surface area contributed by atoms with E-state index in [-0.39, 0.29) is 11.8 Å². The van der Waals surface area contributed by atoms with E-state index in [2.05, 4.69) is 15.7 Å². The molecule has 7 heteroatoms. The van der Waals surface area contributed by atoms with Gasteiger partial charge >= 0.3 is 0 Å². The SMILES string of the molecule is CCN(CC)C(=O)c1ccc(CNC(=O)c2ccn(C3CCCNC3)n2)cc1. The van der Waals surface area contributed by atoms with Gasteiger partial charge in [0, 0.05) is 37.9 Å². The average molecular weight is 383 g/mol. The second kappa shape index (κ2) is 9.50. The summed E-state index contributed by atoms with van der Waals surface area (Å²) in [6.07, 6.45) is 4.08. The Hall–Kier alpha value is -2.67. The van der Waals surface area contributed by atoms with Crippen LogP contribution in [0.2, 0.25) is 0 Å². The number of piperidine rings is 1. The number of carbonyl (C=O) groups is 2. The lowest BCUT2D eigenvalue weighted by atomic mass is 10.1. The third kappa shape index (κ3) is 4.78. The number of nitrogens with one attached hydrogen (secondary N) is 2. The van der Waals surface area contributed by atoms with Crippen LogP contribution in [0, 0.1) is 0 Å². The highest BCUT2D eigenvalue weighted by Crippen LogP contribution is 2.15. The van der Waals surface area contributed by atoms with Gasteiger partial charge in [0.05, 0.1) is 6.04 Å². The van der Waals surface area contributed by atoms with Gasteiger partial charge in [0.2, 0.25) is 0 Å². The molecular weight excluding hydrogens is 354 g/mol. The maximum absolute atomic E-state index is 12.4. The first kappa shape index (κ1) is 20.1. The largest absolute Gasteiger partial charge is 0.347 e. The van der Waals surface area contributed by atoms with Crippen molar-refractivity contribution in [2.24, 2.45) is 0 Å². The molecule has 2 amide bonds. The maximum Gasteiger partial charge on any atom is 0.272 e. The van der Waals surface area contributed by atoms with Crippen molar-refractivity contribution in [1.82, 2.24) is 25.3 Å². The van der Waals surface area contributed by atoms with Crippen molar-refractivity contribution in [2.45, 2.75) is 39.3 Å². The van der Waals surface area contributed by atoms with E-state index < -0.39 is 0 Å². The smallest absolute Gasteiger partial charge is 0.272 e. The lowest BCUT2D eigenvalue weighted by Crippen LogP contribution is -2.32. The number of aromatic nitrogens is 2. The van der Waals surface area contributed by atoms with E-state index in [9.17, 15) is 9.59 Å². The molecule has 1 aliphatic rings. The Morgan fingerprint density at radius 1 is 1.21 bits per heavy atom. The zero-order valence-electron chi connectivity index (χ0n) is 16.6. The van der Waals surface area contributed by atoms with Gasteiger partial charge in [-0.2, -0.15) is 5.10 Å². The first-order valence-corrected chi connectivity index (χ1v) is 10.0. The molecule has 2 heterocycles. The number of hydrogen-bond acceptors (Lipinski definition) is 4. The molecule has 2 N–H and O–H groups in total. The van der Waals surface area contributed by atoms with Crippen molar-refractivity contribution >= 4 is 11.8 Å². The molecule has 1 aromatic carbocycles. The Morgan fingerprint density at radius 3 is 2.61 bits per heavy atom. The van der Waals surface area contributed by atoms with Crippen LogP contribution in [-0.2, 0) is 6.54 Å². The molecule has 1 saturated heterocycles. The summed E-state index contributed by atoms with van der Waals surface area (Å²) in [6, 6.07) is 9.45. The number of hydrogen-bond donors (Lipinski definition) is 2. The second-order valence-electron chi connectivity index (χ2n) is 7.04. The van der Waals surface area contributed by atoms with Gasteiger partial charge in [-0.15, -0.1) is 0 Å². The van der Waals surface area contributed by atoms with Crippen LogP contribution < -0.4 is 10.6 Å². The Morgan fingerprint density at radius 2 is 1.96 bits per heavy atom. The van der Waals surface area contributed by atoms with Crippen molar-refractivity contribution in [3.05, 3.63) is 53.3 Å². The Labute approximate surface area is 166 Å². The standard InChI is InChI=1S/C21H29N5O2/c1-3-25(4-2)21(28)17-9-7-16(8-10-17)14-23-20(27)19-11-13-26(24-19)18-6-5-12-22-15-18/h7-11,13,18,22H,3-6,12,14-15H2,1-2H3,(H,23,27). The molecule has 0 aliphatic carbocycles. The van der Waals surface area contributed by atoms with Crippen molar-refractivity contribution in [2.75, 3.05) is 26.2 Å². The number of nitrogens with zero attached hydrogens (tertiary/aromatic N) is 3. The van der Waals surface area contributed by atoms with Crippen LogP contribution in [0.1, 0.15) is 59.1 Å². The molecule has 3 rings (SSSR count). The zero-order valence-corrected chi connectivity index (χ0v) is 16.6. The molecule has 7 nitrogen and oxygen atoms in total. The fourth-order valence-electron chi connectivity index (χ4n) is 3.45. The summed E-state index contributed by atoms with van der Waals surface area (Å²) in [7, 11) is 0. The maximum atomic E-state index is 12.4. The minimum atomic E-state index is -0.189. The first-order chi connectivity index (χ1) is 13.6. The van der Waals surface area contributed by atoms with E-state index in [0.29, 0.717) is 36.9 Å². The van der Waals surface area contributed by atoms with Gasteiger partial charge in [0.25, 0.3) is 11.8 Å². The van der Waals surface area contributed by atoms with Gasteiger partial charge in [0.15, 0.2) is 0 Å². The van der Waals surface area contributed by atoms with Gasteiger partial charge in [0.1, 0.15) is 5.69 Å². The van der Waals surface area contributed by atoms with Gasteiger partial charge in [-0.25, -0.2) is 0 Å². The number of carbonyl (C=O) groups excluding carboxylic acids is 2. The van der Waals surface area contributed by atoms with E-state index in [1.165, 1.54) is 0 Å². The molecule has 2 aromatic rings. The third-order valence-electron chi connectivity index (χ3n) is 5.19. The van der Waals surface area contributed by atoms with Gasteiger partial charge in [-0.3, -0.25) is 14.3 Å². The lowest BCUT2D eigenvalue weighted by molar-refractivity contribution is 0.0772. The monoisotopic (exact) mass is 383 g/mol. The summed E-state index contributed by atoms with van der Waals surface area (Å²) in [5, 5.41) is 10.7. The predicted molar refractivity (Wildman–Crippen MR) is 108 cm³/mol. The van der Waals surface area contributed by atoms with E-state index in [4.69, 9.17) is 0 Å². The zero-order chi connectivity index (χ0) is 19.9. The highest BCUT2D eigenvalue weighted by atomic mass is 16.2.